The van der Waals surface area contributed by atoms with E-state index >= 15 is 0 Å². The van der Waals surface area contributed by atoms with Crippen LogP contribution in [0.4, 0.5) is 0 Å². The van der Waals surface area contributed by atoms with Gasteiger partial charge < -0.3 is 5.11 Å². The van der Waals surface area contributed by atoms with Crippen molar-refractivity contribution in [1.29, 1.82) is 0 Å². The van der Waals surface area contributed by atoms with Crippen molar-refractivity contribution in [2.75, 3.05) is 0 Å². The van der Waals surface area contributed by atoms with Crippen LogP contribution in [-0.4, -0.2) is 25.5 Å². The summed E-state index contributed by atoms with van der Waals surface area (Å²) in [6.07, 6.45) is 1.55. The van der Waals surface area contributed by atoms with E-state index in [2.05, 4.69) is 4.72 Å². The zero-order chi connectivity index (χ0) is 17.4. The summed E-state index contributed by atoms with van der Waals surface area (Å²) in [6.45, 7) is 0. The monoisotopic (exact) mass is 347 g/mol. The molecular weight excluding hydrogens is 326 g/mol. The van der Waals surface area contributed by atoms with E-state index < -0.39 is 22.0 Å². The molecule has 2 aromatic rings. The maximum Gasteiger partial charge on any atom is 0.321 e. The number of nitrogens with one attached hydrogen (secondary N) is 1. The molecule has 0 aliphatic rings. The Kier molecular flexibility index (Phi) is 6.52. The summed E-state index contributed by atoms with van der Waals surface area (Å²) in [5, 5.41) is 9.27. The molecule has 0 radical (unpaired) electrons. The van der Waals surface area contributed by atoms with Gasteiger partial charge in [0, 0.05) is 0 Å². The van der Waals surface area contributed by atoms with Crippen LogP contribution in [0.5, 0.6) is 0 Å². The fourth-order valence-corrected chi connectivity index (χ4v) is 3.81. The first-order valence-corrected chi connectivity index (χ1v) is 9.42. The number of carboxylic acids is 1. The normalized spacial score (nSPS) is 12.7. The van der Waals surface area contributed by atoms with Crippen LogP contribution in [-0.2, 0) is 27.0 Å². The van der Waals surface area contributed by atoms with E-state index in [4.69, 9.17) is 0 Å². The van der Waals surface area contributed by atoms with Crippen molar-refractivity contribution in [3.8, 4) is 0 Å². The Morgan fingerprint density at radius 3 is 2.04 bits per heavy atom. The molecular formula is C18H21NO4S. The smallest absolute Gasteiger partial charge is 0.321 e. The second-order valence-electron chi connectivity index (χ2n) is 5.63. The molecule has 0 aliphatic heterocycles. The summed E-state index contributed by atoms with van der Waals surface area (Å²) in [5.74, 6) is -1.38. The highest BCUT2D eigenvalue weighted by atomic mass is 32.2. The zero-order valence-electron chi connectivity index (χ0n) is 13.3. The van der Waals surface area contributed by atoms with Crippen LogP contribution in [0.3, 0.4) is 0 Å². The number of carbonyl (C=O) groups is 1. The lowest BCUT2D eigenvalue weighted by Gasteiger charge is -2.15. The van der Waals surface area contributed by atoms with Crippen LogP contribution in [0.2, 0.25) is 0 Å². The Morgan fingerprint density at radius 1 is 0.958 bits per heavy atom. The quantitative estimate of drug-likeness (QED) is 0.730. The summed E-state index contributed by atoms with van der Waals surface area (Å²) in [4.78, 5) is 11.3. The predicted molar refractivity (Wildman–Crippen MR) is 93.0 cm³/mol. The van der Waals surface area contributed by atoms with Gasteiger partial charge in [-0.1, -0.05) is 60.7 Å². The molecule has 0 aromatic heterocycles. The van der Waals surface area contributed by atoms with E-state index in [0.29, 0.717) is 18.4 Å². The number of aliphatic carboxylic acids is 1. The van der Waals surface area contributed by atoms with E-state index in [1.165, 1.54) is 0 Å². The SMILES string of the molecule is O=C(O)[C@@H](CCCc1ccccc1)NS(=O)(=O)Cc1ccccc1. The van der Waals surface area contributed by atoms with Gasteiger partial charge in [-0.2, -0.15) is 0 Å². The van der Waals surface area contributed by atoms with Gasteiger partial charge in [-0.3, -0.25) is 4.79 Å². The number of hydrogen-bond acceptors (Lipinski definition) is 3. The summed E-state index contributed by atoms with van der Waals surface area (Å²) >= 11 is 0. The van der Waals surface area contributed by atoms with Crippen molar-refractivity contribution < 1.29 is 18.3 Å². The average Bonchev–Trinajstić information content (AvgIpc) is 2.55. The lowest BCUT2D eigenvalue weighted by Crippen LogP contribution is -2.41. The van der Waals surface area contributed by atoms with E-state index in [0.717, 1.165) is 5.56 Å². The Labute approximate surface area is 142 Å². The van der Waals surface area contributed by atoms with Crippen molar-refractivity contribution in [1.82, 2.24) is 4.72 Å². The van der Waals surface area contributed by atoms with Crippen molar-refractivity contribution >= 4 is 16.0 Å². The predicted octanol–water partition coefficient (Wildman–Crippen LogP) is 2.58. The average molecular weight is 347 g/mol. The van der Waals surface area contributed by atoms with Crippen LogP contribution in [0.15, 0.2) is 60.7 Å². The molecule has 0 heterocycles. The molecule has 0 fully saturated rings. The van der Waals surface area contributed by atoms with Gasteiger partial charge >= 0.3 is 5.97 Å². The second-order valence-corrected chi connectivity index (χ2v) is 7.39. The lowest BCUT2D eigenvalue weighted by molar-refractivity contribution is -0.139. The summed E-state index contributed by atoms with van der Waals surface area (Å²) < 4.78 is 26.6. The molecule has 24 heavy (non-hydrogen) atoms. The molecule has 5 nitrogen and oxygen atoms in total. The van der Waals surface area contributed by atoms with Gasteiger partial charge in [0.25, 0.3) is 0 Å². The Balaban J connectivity index is 1.91. The highest BCUT2D eigenvalue weighted by Crippen LogP contribution is 2.10. The number of hydrogen-bond donors (Lipinski definition) is 2. The first kappa shape index (κ1) is 18.2. The van der Waals surface area contributed by atoms with Gasteiger partial charge in [-0.05, 0) is 30.4 Å². The van der Waals surface area contributed by atoms with Crippen LogP contribution in [0, 0.1) is 0 Å². The van der Waals surface area contributed by atoms with Gasteiger partial charge in [0.2, 0.25) is 10.0 Å². The van der Waals surface area contributed by atoms with Crippen LogP contribution in [0.1, 0.15) is 24.0 Å². The first-order chi connectivity index (χ1) is 11.5. The molecule has 6 heteroatoms. The highest BCUT2D eigenvalue weighted by molar-refractivity contribution is 7.88. The molecule has 2 N–H and O–H groups in total. The van der Waals surface area contributed by atoms with Crippen molar-refractivity contribution in [3.63, 3.8) is 0 Å². The van der Waals surface area contributed by atoms with Crippen molar-refractivity contribution in [3.05, 3.63) is 71.8 Å². The molecule has 128 valence electrons. The van der Waals surface area contributed by atoms with Crippen LogP contribution >= 0.6 is 0 Å². The Hall–Kier alpha value is -2.18. The number of carboxylic acid groups (broad SMARTS) is 1. The third kappa shape index (κ3) is 6.14. The van der Waals surface area contributed by atoms with Gasteiger partial charge in [0.15, 0.2) is 0 Å². The minimum absolute atomic E-state index is 0.226. The van der Waals surface area contributed by atoms with Gasteiger partial charge in [0.1, 0.15) is 6.04 Å². The topological polar surface area (TPSA) is 83.5 Å². The fraction of sp³-hybridized carbons (Fsp3) is 0.278. The van der Waals surface area contributed by atoms with Crippen LogP contribution in [0.25, 0.3) is 0 Å². The molecule has 0 aliphatic carbocycles. The second kappa shape index (κ2) is 8.61. The third-order valence-corrected chi connectivity index (χ3v) is 4.98. The first-order valence-electron chi connectivity index (χ1n) is 7.77. The maximum atomic E-state index is 12.2. The number of sulfonamides is 1. The number of rotatable bonds is 9. The molecule has 0 saturated carbocycles. The largest absolute Gasteiger partial charge is 0.480 e. The molecule has 0 amide bonds. The highest BCUT2D eigenvalue weighted by Gasteiger charge is 2.23. The molecule has 2 rings (SSSR count). The van der Waals surface area contributed by atoms with Gasteiger partial charge in [0.05, 0.1) is 5.75 Å². The van der Waals surface area contributed by atoms with Crippen molar-refractivity contribution in [2.24, 2.45) is 0 Å². The Bertz CT molecular complexity index is 745. The minimum atomic E-state index is -3.70. The molecule has 0 bridgehead atoms. The standard InChI is InChI=1S/C18H21NO4S/c20-18(21)17(13-7-12-15-8-3-1-4-9-15)19-24(22,23)14-16-10-5-2-6-11-16/h1-6,8-11,17,19H,7,12-14H2,(H,20,21)/t17-/m1/s1. The van der Waals surface area contributed by atoms with Crippen LogP contribution < -0.4 is 4.72 Å². The summed E-state index contributed by atoms with van der Waals surface area (Å²) in [6, 6.07) is 17.3. The van der Waals surface area contributed by atoms with E-state index in [1.54, 1.807) is 30.3 Å². The summed E-state index contributed by atoms with van der Waals surface area (Å²) in [7, 11) is -3.70. The maximum absolute atomic E-state index is 12.2. The third-order valence-electron chi connectivity index (χ3n) is 3.62. The van der Waals surface area contributed by atoms with E-state index in [1.807, 2.05) is 30.3 Å². The Morgan fingerprint density at radius 2 is 1.50 bits per heavy atom. The molecule has 0 unspecified atom stereocenters. The number of aryl methyl sites for hydroxylation is 1. The molecule has 0 saturated heterocycles. The van der Waals surface area contributed by atoms with Gasteiger partial charge in [-0.25, -0.2) is 13.1 Å². The fourth-order valence-electron chi connectivity index (χ4n) is 2.44. The zero-order valence-corrected chi connectivity index (χ0v) is 14.1. The van der Waals surface area contributed by atoms with E-state index in [-0.39, 0.29) is 12.2 Å². The van der Waals surface area contributed by atoms with E-state index in [9.17, 15) is 18.3 Å². The molecule has 2 aromatic carbocycles. The molecule has 0 spiro atoms. The summed E-state index contributed by atoms with van der Waals surface area (Å²) in [5.41, 5.74) is 1.73. The van der Waals surface area contributed by atoms with Gasteiger partial charge in [-0.15, -0.1) is 0 Å². The molecule has 1 atom stereocenters. The van der Waals surface area contributed by atoms with Crippen molar-refractivity contribution in [2.45, 2.75) is 31.1 Å². The minimum Gasteiger partial charge on any atom is -0.480 e. The number of benzene rings is 2. The lowest BCUT2D eigenvalue weighted by atomic mass is 10.1.